The van der Waals surface area contributed by atoms with E-state index in [1.54, 1.807) is 6.92 Å². The zero-order valence-corrected chi connectivity index (χ0v) is 13.9. The zero-order valence-electron chi connectivity index (χ0n) is 13.1. The highest BCUT2D eigenvalue weighted by molar-refractivity contribution is 5.91. The first-order valence-corrected chi connectivity index (χ1v) is 6.86. The van der Waals surface area contributed by atoms with Crippen molar-refractivity contribution in [1.82, 2.24) is 10.1 Å². The summed E-state index contributed by atoms with van der Waals surface area (Å²) in [5.41, 5.74) is 4.74. The standard InChI is InChI=1S/C14H15F3N4O3.ClH/c1-8-19-13(24-21-8)7-23-6-12(22)20-11-3-9(5-18)2-10(4-11)14(15,16)17;/h2-4H,5-7,18H2,1H3,(H,20,22);1H. The molecule has 1 aromatic carbocycles. The molecule has 11 heteroatoms. The van der Waals surface area contributed by atoms with E-state index in [2.05, 4.69) is 15.5 Å². The number of anilines is 1. The third kappa shape index (κ3) is 6.33. The molecule has 0 spiro atoms. The van der Waals surface area contributed by atoms with Gasteiger partial charge in [0.2, 0.25) is 5.91 Å². The number of alkyl halides is 3. The minimum absolute atomic E-state index is 0. The Kier molecular flexibility index (Phi) is 7.34. The van der Waals surface area contributed by atoms with E-state index >= 15 is 0 Å². The smallest absolute Gasteiger partial charge is 0.362 e. The van der Waals surface area contributed by atoms with Gasteiger partial charge in [-0.3, -0.25) is 4.79 Å². The quantitative estimate of drug-likeness (QED) is 0.797. The number of hydrogen-bond acceptors (Lipinski definition) is 6. The van der Waals surface area contributed by atoms with Crippen LogP contribution in [0.15, 0.2) is 22.7 Å². The average molecular weight is 381 g/mol. The summed E-state index contributed by atoms with van der Waals surface area (Å²) in [5.74, 6) is 0.00894. The summed E-state index contributed by atoms with van der Waals surface area (Å²) in [6.45, 7) is 1.09. The normalized spacial score (nSPS) is 11.1. The third-order valence-electron chi connectivity index (χ3n) is 2.87. The topological polar surface area (TPSA) is 103 Å². The molecule has 0 aliphatic heterocycles. The number of benzene rings is 1. The van der Waals surface area contributed by atoms with Gasteiger partial charge in [-0.1, -0.05) is 5.16 Å². The Morgan fingerprint density at radius 2 is 2.08 bits per heavy atom. The highest BCUT2D eigenvalue weighted by Crippen LogP contribution is 2.31. The molecule has 1 amide bonds. The first kappa shape index (κ1) is 20.9. The van der Waals surface area contributed by atoms with Gasteiger partial charge in [-0.15, -0.1) is 12.4 Å². The van der Waals surface area contributed by atoms with E-state index in [-0.39, 0.29) is 49.3 Å². The van der Waals surface area contributed by atoms with Crippen molar-refractivity contribution in [2.75, 3.05) is 11.9 Å². The SMILES string of the molecule is Cc1noc(COCC(=O)Nc2cc(CN)cc(C(F)(F)F)c2)n1.Cl. The molecule has 3 N–H and O–H groups in total. The van der Waals surface area contributed by atoms with E-state index in [1.807, 2.05) is 0 Å². The predicted octanol–water partition coefficient (Wildman–Crippen LogP) is 2.43. The average Bonchev–Trinajstić information content (AvgIpc) is 2.91. The molecule has 0 aliphatic carbocycles. The van der Waals surface area contributed by atoms with Crippen LogP contribution in [0.3, 0.4) is 0 Å². The molecule has 2 aromatic rings. The molecule has 1 heterocycles. The number of ether oxygens (including phenoxy) is 1. The van der Waals surface area contributed by atoms with Gasteiger partial charge in [-0.2, -0.15) is 18.2 Å². The molecular weight excluding hydrogens is 365 g/mol. The third-order valence-corrected chi connectivity index (χ3v) is 2.87. The Labute approximate surface area is 147 Å². The van der Waals surface area contributed by atoms with Crippen molar-refractivity contribution in [3.63, 3.8) is 0 Å². The van der Waals surface area contributed by atoms with Crippen LogP contribution < -0.4 is 11.1 Å². The highest BCUT2D eigenvalue weighted by Gasteiger charge is 2.31. The van der Waals surface area contributed by atoms with Crippen molar-refractivity contribution in [3.8, 4) is 0 Å². The fourth-order valence-electron chi connectivity index (χ4n) is 1.87. The largest absolute Gasteiger partial charge is 0.416 e. The van der Waals surface area contributed by atoms with Gasteiger partial charge >= 0.3 is 6.18 Å². The maximum atomic E-state index is 12.8. The lowest BCUT2D eigenvalue weighted by Crippen LogP contribution is -2.19. The molecule has 0 aliphatic rings. The molecule has 0 saturated heterocycles. The second-order valence-corrected chi connectivity index (χ2v) is 4.90. The van der Waals surface area contributed by atoms with Crippen LogP contribution in [-0.4, -0.2) is 22.7 Å². The number of carbonyl (C=O) groups excluding carboxylic acids is 1. The Bertz CT molecular complexity index is 722. The molecule has 0 unspecified atom stereocenters. The van der Waals surface area contributed by atoms with E-state index < -0.39 is 17.6 Å². The monoisotopic (exact) mass is 380 g/mol. The number of carbonyl (C=O) groups is 1. The van der Waals surface area contributed by atoms with Gasteiger partial charge in [0.1, 0.15) is 13.2 Å². The van der Waals surface area contributed by atoms with Crippen molar-refractivity contribution in [1.29, 1.82) is 0 Å². The lowest BCUT2D eigenvalue weighted by Gasteiger charge is -2.12. The van der Waals surface area contributed by atoms with Crippen LogP contribution in [0.5, 0.6) is 0 Å². The number of nitrogens with one attached hydrogen (secondary N) is 1. The fraction of sp³-hybridized carbons (Fsp3) is 0.357. The Balaban J connectivity index is 0.00000312. The number of amides is 1. The molecular formula is C14H16ClF3N4O3. The van der Waals surface area contributed by atoms with Gasteiger partial charge in [0.15, 0.2) is 5.82 Å². The predicted molar refractivity (Wildman–Crippen MR) is 83.9 cm³/mol. The number of hydrogen-bond donors (Lipinski definition) is 2. The lowest BCUT2D eigenvalue weighted by atomic mass is 10.1. The van der Waals surface area contributed by atoms with Gasteiger partial charge in [-0.25, -0.2) is 0 Å². The van der Waals surface area contributed by atoms with E-state index in [9.17, 15) is 18.0 Å². The van der Waals surface area contributed by atoms with Crippen LogP contribution in [0, 0.1) is 6.92 Å². The Morgan fingerprint density at radius 3 is 2.64 bits per heavy atom. The number of nitrogens with two attached hydrogens (primary N) is 1. The second kappa shape index (κ2) is 8.79. The summed E-state index contributed by atoms with van der Waals surface area (Å²) < 4.78 is 48.3. The van der Waals surface area contributed by atoms with E-state index in [0.29, 0.717) is 5.82 Å². The molecule has 25 heavy (non-hydrogen) atoms. The summed E-state index contributed by atoms with van der Waals surface area (Å²) >= 11 is 0. The van der Waals surface area contributed by atoms with Crippen LogP contribution in [0.1, 0.15) is 22.8 Å². The number of nitrogens with zero attached hydrogens (tertiary/aromatic N) is 2. The molecule has 0 bridgehead atoms. The second-order valence-electron chi connectivity index (χ2n) is 4.90. The van der Waals surface area contributed by atoms with E-state index in [4.69, 9.17) is 15.0 Å². The molecule has 0 fully saturated rings. The van der Waals surface area contributed by atoms with Gasteiger partial charge in [0.05, 0.1) is 5.56 Å². The molecule has 7 nitrogen and oxygen atoms in total. The Morgan fingerprint density at radius 1 is 1.36 bits per heavy atom. The van der Waals surface area contributed by atoms with Crippen LogP contribution >= 0.6 is 12.4 Å². The summed E-state index contributed by atoms with van der Waals surface area (Å²) in [6.07, 6.45) is -4.53. The van der Waals surface area contributed by atoms with Crippen LogP contribution in [0.25, 0.3) is 0 Å². The zero-order chi connectivity index (χ0) is 17.7. The van der Waals surface area contributed by atoms with E-state index in [0.717, 1.165) is 12.1 Å². The van der Waals surface area contributed by atoms with Gasteiger partial charge in [0, 0.05) is 12.2 Å². The molecule has 1 aromatic heterocycles. The molecule has 0 atom stereocenters. The molecule has 0 saturated carbocycles. The summed E-state index contributed by atoms with van der Waals surface area (Å²) in [6, 6.07) is 3.14. The highest BCUT2D eigenvalue weighted by atomic mass is 35.5. The first-order valence-electron chi connectivity index (χ1n) is 6.86. The molecule has 2 rings (SSSR count). The van der Waals surface area contributed by atoms with Crippen LogP contribution in [0.4, 0.5) is 18.9 Å². The maximum absolute atomic E-state index is 12.8. The van der Waals surface area contributed by atoms with Gasteiger partial charge < -0.3 is 20.3 Å². The van der Waals surface area contributed by atoms with Crippen molar-refractivity contribution >= 4 is 24.0 Å². The van der Waals surface area contributed by atoms with Crippen molar-refractivity contribution in [3.05, 3.63) is 41.0 Å². The maximum Gasteiger partial charge on any atom is 0.416 e. The number of halogens is 4. The molecule has 0 radical (unpaired) electrons. The lowest BCUT2D eigenvalue weighted by molar-refractivity contribution is -0.137. The molecule has 138 valence electrons. The minimum Gasteiger partial charge on any atom is -0.362 e. The van der Waals surface area contributed by atoms with Gasteiger partial charge in [0.25, 0.3) is 5.89 Å². The van der Waals surface area contributed by atoms with Crippen molar-refractivity contribution < 1.29 is 27.2 Å². The summed E-state index contributed by atoms with van der Waals surface area (Å²) in [4.78, 5) is 15.6. The number of aryl methyl sites for hydroxylation is 1. The van der Waals surface area contributed by atoms with Gasteiger partial charge in [-0.05, 0) is 30.7 Å². The number of rotatable bonds is 6. The van der Waals surface area contributed by atoms with Crippen LogP contribution in [0.2, 0.25) is 0 Å². The minimum atomic E-state index is -4.53. The summed E-state index contributed by atoms with van der Waals surface area (Å²) in [7, 11) is 0. The first-order chi connectivity index (χ1) is 11.3. The van der Waals surface area contributed by atoms with Crippen LogP contribution in [-0.2, 0) is 28.9 Å². The Hall–Kier alpha value is -2.17. The summed E-state index contributed by atoms with van der Waals surface area (Å²) in [5, 5.41) is 5.88. The van der Waals surface area contributed by atoms with Crippen molar-refractivity contribution in [2.24, 2.45) is 5.73 Å². The van der Waals surface area contributed by atoms with E-state index in [1.165, 1.54) is 6.07 Å². The van der Waals surface area contributed by atoms with Crippen molar-refractivity contribution in [2.45, 2.75) is 26.3 Å². The fourth-order valence-corrected chi connectivity index (χ4v) is 1.87. The number of aromatic nitrogens is 2.